The molecule has 2 aliphatic rings. The zero-order chi connectivity index (χ0) is 20.4. The molecular weight excluding hydrogens is 374 g/mol. The molecule has 2 fully saturated rings. The lowest BCUT2D eigenvalue weighted by Crippen LogP contribution is -2.40. The van der Waals surface area contributed by atoms with Gasteiger partial charge < -0.3 is 19.1 Å². The molecule has 154 valence electrons. The van der Waals surface area contributed by atoms with Crippen molar-refractivity contribution >= 4 is 11.8 Å². The highest BCUT2D eigenvalue weighted by Gasteiger charge is 2.48. The van der Waals surface area contributed by atoms with Gasteiger partial charge in [0, 0.05) is 39.4 Å². The van der Waals surface area contributed by atoms with Crippen LogP contribution < -0.4 is 0 Å². The number of aromatic nitrogens is 5. The lowest BCUT2D eigenvalue weighted by Gasteiger charge is -2.25. The van der Waals surface area contributed by atoms with Crippen LogP contribution in [0.25, 0.3) is 0 Å². The molecule has 10 heteroatoms. The normalized spacial score (nSPS) is 21.1. The molecule has 4 heterocycles. The maximum Gasteiger partial charge on any atom is 0.274 e. The number of carbonyl (C=O) groups excluding carboxylic acids is 2. The summed E-state index contributed by atoms with van der Waals surface area (Å²) < 4.78 is 7.06. The Morgan fingerprint density at radius 2 is 2.14 bits per heavy atom. The van der Waals surface area contributed by atoms with Crippen LogP contribution in [0, 0.1) is 6.92 Å². The molecular formula is C19H25N7O3. The summed E-state index contributed by atoms with van der Waals surface area (Å²) in [5, 5.41) is 8.19. The van der Waals surface area contributed by atoms with Crippen LogP contribution in [-0.4, -0.2) is 78.7 Å². The highest BCUT2D eigenvalue weighted by Crippen LogP contribution is 2.34. The van der Waals surface area contributed by atoms with Gasteiger partial charge in [-0.25, -0.2) is 4.98 Å². The number of hydrogen-bond donors (Lipinski definition) is 0. The van der Waals surface area contributed by atoms with E-state index in [1.807, 2.05) is 16.4 Å². The lowest BCUT2D eigenvalue weighted by atomic mass is 10.1. The summed E-state index contributed by atoms with van der Waals surface area (Å²) in [6.45, 7) is 4.23. The van der Waals surface area contributed by atoms with Crippen LogP contribution in [0.3, 0.4) is 0 Å². The third-order valence-corrected chi connectivity index (χ3v) is 5.63. The minimum absolute atomic E-state index is 0.00557. The zero-order valence-electron chi connectivity index (χ0n) is 16.7. The van der Waals surface area contributed by atoms with Gasteiger partial charge in [-0.1, -0.05) is 0 Å². The van der Waals surface area contributed by atoms with Gasteiger partial charge in [0.05, 0.1) is 30.5 Å². The Hall–Kier alpha value is -2.88. The molecule has 2 amide bonds. The largest absolute Gasteiger partial charge is 0.385 e. The Balaban J connectivity index is 1.45. The summed E-state index contributed by atoms with van der Waals surface area (Å²) in [5.41, 5.74) is 1.08. The van der Waals surface area contributed by atoms with Crippen molar-refractivity contribution in [1.29, 1.82) is 0 Å². The molecule has 0 unspecified atom stereocenters. The molecule has 2 saturated heterocycles. The van der Waals surface area contributed by atoms with Crippen molar-refractivity contribution in [3.05, 3.63) is 35.9 Å². The van der Waals surface area contributed by atoms with Crippen molar-refractivity contribution in [1.82, 2.24) is 34.5 Å². The first kappa shape index (κ1) is 19.4. The Morgan fingerprint density at radius 3 is 2.90 bits per heavy atom. The zero-order valence-corrected chi connectivity index (χ0v) is 16.7. The molecule has 2 aromatic rings. The van der Waals surface area contributed by atoms with E-state index in [1.54, 1.807) is 24.5 Å². The molecule has 0 N–H and O–H groups in total. The SMILES string of the molecule is COCCCn1cnnc1CN1C(=O)C[C@H]2[C@@H]1CCN2C(=O)c1cnc(C)cn1. The first-order chi connectivity index (χ1) is 14.1. The summed E-state index contributed by atoms with van der Waals surface area (Å²) in [7, 11) is 1.67. The predicted octanol–water partition coefficient (Wildman–Crippen LogP) is 0.429. The number of amides is 2. The van der Waals surface area contributed by atoms with Crippen LogP contribution in [0.1, 0.15) is 41.3 Å². The number of carbonyl (C=O) groups is 2. The monoisotopic (exact) mass is 399 g/mol. The molecule has 2 aliphatic heterocycles. The summed E-state index contributed by atoms with van der Waals surface area (Å²) in [6, 6.07) is -0.142. The molecule has 0 aliphatic carbocycles. The van der Waals surface area contributed by atoms with E-state index in [1.165, 1.54) is 6.20 Å². The van der Waals surface area contributed by atoms with Gasteiger partial charge in [0.25, 0.3) is 5.91 Å². The predicted molar refractivity (Wildman–Crippen MR) is 102 cm³/mol. The van der Waals surface area contributed by atoms with Gasteiger partial charge in [0.2, 0.25) is 5.91 Å². The Morgan fingerprint density at radius 1 is 1.28 bits per heavy atom. The van der Waals surface area contributed by atoms with Crippen molar-refractivity contribution in [3.8, 4) is 0 Å². The van der Waals surface area contributed by atoms with E-state index in [4.69, 9.17) is 4.74 Å². The minimum Gasteiger partial charge on any atom is -0.385 e. The second-order valence-corrected chi connectivity index (χ2v) is 7.48. The third-order valence-electron chi connectivity index (χ3n) is 5.63. The van der Waals surface area contributed by atoms with Gasteiger partial charge >= 0.3 is 0 Å². The second-order valence-electron chi connectivity index (χ2n) is 7.48. The van der Waals surface area contributed by atoms with E-state index in [0.717, 1.165) is 30.9 Å². The van der Waals surface area contributed by atoms with Crippen molar-refractivity contribution in [3.63, 3.8) is 0 Å². The van der Waals surface area contributed by atoms with Crippen LogP contribution in [0.15, 0.2) is 18.7 Å². The maximum atomic E-state index is 12.9. The van der Waals surface area contributed by atoms with E-state index in [-0.39, 0.29) is 23.9 Å². The first-order valence-corrected chi connectivity index (χ1v) is 9.83. The van der Waals surface area contributed by atoms with Gasteiger partial charge in [-0.15, -0.1) is 10.2 Å². The molecule has 0 aromatic carbocycles. The number of aryl methyl sites for hydroxylation is 2. The number of likely N-dealkylation sites (tertiary alicyclic amines) is 2. The Labute approximate surface area is 168 Å². The molecule has 0 bridgehead atoms. The van der Waals surface area contributed by atoms with Crippen LogP contribution in [0.2, 0.25) is 0 Å². The maximum absolute atomic E-state index is 12.9. The summed E-state index contributed by atoms with van der Waals surface area (Å²) in [5.74, 6) is 0.630. The van der Waals surface area contributed by atoms with Gasteiger partial charge in [0.1, 0.15) is 12.0 Å². The quantitative estimate of drug-likeness (QED) is 0.622. The number of rotatable bonds is 7. The number of hydrogen-bond acceptors (Lipinski definition) is 7. The number of fused-ring (bicyclic) bond motifs is 1. The van der Waals surface area contributed by atoms with E-state index in [9.17, 15) is 9.59 Å². The van der Waals surface area contributed by atoms with Crippen molar-refractivity contribution in [2.45, 2.75) is 51.4 Å². The summed E-state index contributed by atoms with van der Waals surface area (Å²) in [4.78, 5) is 37.6. The fourth-order valence-corrected chi connectivity index (χ4v) is 4.16. The van der Waals surface area contributed by atoms with Crippen molar-refractivity contribution in [2.24, 2.45) is 0 Å². The highest BCUT2D eigenvalue weighted by atomic mass is 16.5. The molecule has 0 spiro atoms. The van der Waals surface area contributed by atoms with E-state index >= 15 is 0 Å². The molecule has 2 aromatic heterocycles. The fraction of sp³-hybridized carbons (Fsp3) is 0.579. The molecule has 0 radical (unpaired) electrons. The Bertz CT molecular complexity index is 882. The van der Waals surface area contributed by atoms with Crippen LogP contribution in [0.4, 0.5) is 0 Å². The average molecular weight is 399 g/mol. The lowest BCUT2D eigenvalue weighted by molar-refractivity contribution is -0.129. The topological polar surface area (TPSA) is 106 Å². The van der Waals surface area contributed by atoms with Crippen LogP contribution in [0.5, 0.6) is 0 Å². The van der Waals surface area contributed by atoms with E-state index in [0.29, 0.717) is 31.8 Å². The van der Waals surface area contributed by atoms with E-state index < -0.39 is 0 Å². The van der Waals surface area contributed by atoms with Gasteiger partial charge in [0.15, 0.2) is 5.82 Å². The van der Waals surface area contributed by atoms with Crippen molar-refractivity contribution < 1.29 is 14.3 Å². The molecule has 0 saturated carbocycles. The smallest absolute Gasteiger partial charge is 0.274 e. The molecule has 4 rings (SSSR count). The third kappa shape index (κ3) is 3.84. The van der Waals surface area contributed by atoms with Gasteiger partial charge in [-0.05, 0) is 19.8 Å². The summed E-state index contributed by atoms with van der Waals surface area (Å²) in [6.07, 6.45) is 6.70. The number of nitrogens with zero attached hydrogens (tertiary/aromatic N) is 7. The molecule has 2 atom stereocenters. The minimum atomic E-state index is -0.164. The number of methoxy groups -OCH3 is 1. The highest BCUT2D eigenvalue weighted by molar-refractivity contribution is 5.93. The van der Waals surface area contributed by atoms with Crippen LogP contribution >= 0.6 is 0 Å². The molecule has 29 heavy (non-hydrogen) atoms. The Kier molecular flexibility index (Phi) is 5.52. The van der Waals surface area contributed by atoms with E-state index in [2.05, 4.69) is 20.2 Å². The van der Waals surface area contributed by atoms with Gasteiger partial charge in [-0.3, -0.25) is 14.6 Å². The average Bonchev–Trinajstić information content (AvgIpc) is 3.40. The summed E-state index contributed by atoms with van der Waals surface area (Å²) >= 11 is 0. The fourth-order valence-electron chi connectivity index (χ4n) is 4.16. The first-order valence-electron chi connectivity index (χ1n) is 9.83. The standard InChI is InChI=1S/C19H25N7O3/c1-13-9-21-14(10-20-13)19(28)25-6-4-15-16(25)8-18(27)26(15)11-17-23-22-12-24(17)5-3-7-29-2/h9-10,12,15-16H,3-8,11H2,1-2H3/t15-,16-/m0/s1. The number of ether oxygens (including phenoxy) is 1. The second kappa shape index (κ2) is 8.24. The van der Waals surface area contributed by atoms with Crippen LogP contribution in [-0.2, 0) is 22.6 Å². The molecule has 10 nitrogen and oxygen atoms in total. The van der Waals surface area contributed by atoms with Crippen molar-refractivity contribution in [2.75, 3.05) is 20.3 Å². The van der Waals surface area contributed by atoms with Gasteiger partial charge in [-0.2, -0.15) is 0 Å².